The van der Waals surface area contributed by atoms with Crippen molar-refractivity contribution in [3.8, 4) is 16.5 Å². The number of rotatable bonds is 5. The Bertz CT molecular complexity index is 851. The van der Waals surface area contributed by atoms with Crippen LogP contribution >= 0.6 is 11.3 Å². The molecule has 2 aromatic rings. The van der Waals surface area contributed by atoms with Gasteiger partial charge in [-0.25, -0.2) is 4.98 Å². The van der Waals surface area contributed by atoms with Crippen LogP contribution in [0.15, 0.2) is 29.6 Å². The zero-order valence-corrected chi connectivity index (χ0v) is 15.8. The van der Waals surface area contributed by atoms with Gasteiger partial charge in [0.2, 0.25) is 5.88 Å². The number of carbonyl (C=O) groups excluding carboxylic acids is 1. The summed E-state index contributed by atoms with van der Waals surface area (Å²) in [6.07, 6.45) is 2.12. The lowest BCUT2D eigenvalue weighted by Gasteiger charge is -2.15. The van der Waals surface area contributed by atoms with Crippen LogP contribution in [0.4, 0.5) is 0 Å². The molecule has 3 rings (SSSR count). The van der Waals surface area contributed by atoms with Gasteiger partial charge in [0.15, 0.2) is 0 Å². The Hall–Kier alpha value is -1.93. The predicted molar refractivity (Wildman–Crippen MR) is 97.4 cm³/mol. The minimum absolute atomic E-state index is 0.0511. The topological polar surface area (TPSA) is 76.6 Å². The number of aromatic nitrogens is 1. The van der Waals surface area contributed by atoms with Gasteiger partial charge in [0.1, 0.15) is 5.01 Å². The second kappa shape index (κ2) is 7.13. The number of likely N-dealkylation sites (tertiary alicyclic amines) is 1. The number of hydrogen-bond acceptors (Lipinski definition) is 6. The smallest absolute Gasteiger partial charge is 0.313 e. The molecule has 134 valence electrons. The Morgan fingerprint density at radius 2 is 1.84 bits per heavy atom. The van der Waals surface area contributed by atoms with Crippen molar-refractivity contribution in [2.75, 3.05) is 13.1 Å². The summed E-state index contributed by atoms with van der Waals surface area (Å²) in [7, 11) is -3.65. The fourth-order valence-corrected chi connectivity index (χ4v) is 3.81. The first-order valence-corrected chi connectivity index (χ1v) is 10.5. The van der Waals surface area contributed by atoms with Gasteiger partial charge in [-0.05, 0) is 38.8 Å². The van der Waals surface area contributed by atoms with E-state index in [9.17, 15) is 13.2 Å². The summed E-state index contributed by atoms with van der Waals surface area (Å²) in [5.41, 5.74) is 1.47. The molecule has 6 nitrogen and oxygen atoms in total. The molecule has 1 aliphatic heterocycles. The number of benzene rings is 1. The van der Waals surface area contributed by atoms with E-state index in [-0.39, 0.29) is 11.8 Å². The maximum atomic E-state index is 12.3. The van der Waals surface area contributed by atoms with Crippen molar-refractivity contribution >= 4 is 27.4 Å². The number of carbonyl (C=O) groups is 1. The van der Waals surface area contributed by atoms with Crippen LogP contribution in [0.3, 0.4) is 0 Å². The van der Waals surface area contributed by atoms with Crippen LogP contribution in [0.1, 0.15) is 37.0 Å². The maximum absolute atomic E-state index is 12.3. The van der Waals surface area contributed by atoms with Gasteiger partial charge in [0, 0.05) is 24.2 Å². The number of thiazole rings is 1. The van der Waals surface area contributed by atoms with Gasteiger partial charge in [0.25, 0.3) is 5.91 Å². The lowest BCUT2D eigenvalue weighted by molar-refractivity contribution is 0.0793. The third-order valence-electron chi connectivity index (χ3n) is 4.03. The minimum Gasteiger partial charge on any atom is -0.361 e. The third-order valence-corrected chi connectivity index (χ3v) is 6.46. The molecule has 1 aliphatic rings. The quantitative estimate of drug-likeness (QED) is 0.745. The molecule has 0 saturated carbocycles. The van der Waals surface area contributed by atoms with E-state index in [1.807, 2.05) is 17.0 Å². The van der Waals surface area contributed by atoms with Crippen molar-refractivity contribution < 1.29 is 17.4 Å². The molecule has 0 N–H and O–H groups in total. The average Bonchev–Trinajstić information content (AvgIpc) is 3.25. The monoisotopic (exact) mass is 380 g/mol. The number of nitrogens with zero attached hydrogens (tertiary/aromatic N) is 2. The molecule has 1 aromatic heterocycles. The van der Waals surface area contributed by atoms with Crippen molar-refractivity contribution in [1.29, 1.82) is 0 Å². The first-order chi connectivity index (χ1) is 11.9. The highest BCUT2D eigenvalue weighted by Gasteiger charge is 2.21. The molecule has 1 saturated heterocycles. The van der Waals surface area contributed by atoms with Gasteiger partial charge >= 0.3 is 10.1 Å². The molecule has 0 radical (unpaired) electrons. The van der Waals surface area contributed by atoms with Crippen molar-refractivity contribution in [2.24, 2.45) is 0 Å². The summed E-state index contributed by atoms with van der Waals surface area (Å²) >= 11 is 1.30. The minimum atomic E-state index is -3.65. The van der Waals surface area contributed by atoms with Crippen molar-refractivity contribution in [3.63, 3.8) is 0 Å². The molecular weight excluding hydrogens is 360 g/mol. The predicted octanol–water partition coefficient (Wildman–Crippen LogP) is 3.16. The third kappa shape index (κ3) is 4.01. The zero-order chi connectivity index (χ0) is 18.0. The standard InChI is InChI=1S/C17H20N2O4S2/c1-12(2)25(21,22)23-15-11-24-16(18-15)13-5-7-14(8-6-13)17(20)19-9-3-4-10-19/h5-8,11-12H,3-4,9-10H2,1-2H3. The molecule has 1 amide bonds. The lowest BCUT2D eigenvalue weighted by Crippen LogP contribution is -2.27. The molecule has 0 aliphatic carbocycles. The van der Waals surface area contributed by atoms with Gasteiger partial charge in [-0.3, -0.25) is 4.79 Å². The Balaban J connectivity index is 1.73. The van der Waals surface area contributed by atoms with E-state index in [1.54, 1.807) is 31.4 Å². The summed E-state index contributed by atoms with van der Waals surface area (Å²) in [5, 5.41) is 1.58. The van der Waals surface area contributed by atoms with Gasteiger partial charge < -0.3 is 9.08 Å². The molecule has 0 bridgehead atoms. The Kier molecular flexibility index (Phi) is 5.10. The van der Waals surface area contributed by atoms with Crippen LogP contribution in [-0.2, 0) is 10.1 Å². The molecule has 0 spiro atoms. The van der Waals surface area contributed by atoms with Crippen LogP contribution < -0.4 is 4.18 Å². The molecule has 8 heteroatoms. The van der Waals surface area contributed by atoms with E-state index in [4.69, 9.17) is 4.18 Å². The van der Waals surface area contributed by atoms with E-state index in [0.29, 0.717) is 10.6 Å². The van der Waals surface area contributed by atoms with Gasteiger partial charge in [0.05, 0.1) is 10.6 Å². The first-order valence-electron chi connectivity index (χ1n) is 8.15. The van der Waals surface area contributed by atoms with E-state index >= 15 is 0 Å². The number of hydrogen-bond donors (Lipinski definition) is 0. The van der Waals surface area contributed by atoms with Gasteiger partial charge in [-0.1, -0.05) is 12.1 Å². The van der Waals surface area contributed by atoms with E-state index < -0.39 is 15.4 Å². The Labute approximate surface area is 151 Å². The SMILES string of the molecule is CC(C)S(=O)(=O)Oc1csc(-c2ccc(C(=O)N3CCCC3)cc2)n1. The highest BCUT2D eigenvalue weighted by Crippen LogP contribution is 2.28. The molecular formula is C17H20N2O4S2. The molecule has 1 fully saturated rings. The van der Waals surface area contributed by atoms with E-state index in [2.05, 4.69) is 4.98 Å². The second-order valence-electron chi connectivity index (χ2n) is 6.19. The Morgan fingerprint density at radius 1 is 1.20 bits per heavy atom. The molecule has 0 atom stereocenters. The summed E-state index contributed by atoms with van der Waals surface area (Å²) in [6, 6.07) is 7.21. The molecule has 0 unspecified atom stereocenters. The van der Waals surface area contributed by atoms with Crippen LogP contribution in [0.5, 0.6) is 5.88 Å². The van der Waals surface area contributed by atoms with Gasteiger partial charge in [-0.2, -0.15) is 8.42 Å². The molecule has 2 heterocycles. The fraction of sp³-hybridized carbons (Fsp3) is 0.412. The fourth-order valence-electron chi connectivity index (χ4n) is 2.50. The highest BCUT2D eigenvalue weighted by molar-refractivity contribution is 7.87. The van der Waals surface area contributed by atoms with E-state index in [1.165, 1.54) is 11.3 Å². The zero-order valence-electron chi connectivity index (χ0n) is 14.1. The van der Waals surface area contributed by atoms with Gasteiger partial charge in [-0.15, -0.1) is 11.3 Å². The lowest BCUT2D eigenvalue weighted by atomic mass is 10.1. The molecule has 1 aromatic carbocycles. The summed E-state index contributed by atoms with van der Waals surface area (Å²) < 4.78 is 28.6. The first kappa shape index (κ1) is 17.9. The summed E-state index contributed by atoms with van der Waals surface area (Å²) in [4.78, 5) is 18.4. The van der Waals surface area contributed by atoms with Crippen LogP contribution in [-0.4, -0.2) is 42.5 Å². The van der Waals surface area contributed by atoms with Crippen molar-refractivity contribution in [1.82, 2.24) is 9.88 Å². The average molecular weight is 380 g/mol. The Morgan fingerprint density at radius 3 is 2.44 bits per heavy atom. The van der Waals surface area contributed by atoms with Crippen LogP contribution in [0.25, 0.3) is 10.6 Å². The van der Waals surface area contributed by atoms with Crippen LogP contribution in [0, 0.1) is 0 Å². The number of amides is 1. The van der Waals surface area contributed by atoms with Crippen LogP contribution in [0.2, 0.25) is 0 Å². The van der Waals surface area contributed by atoms with E-state index in [0.717, 1.165) is 31.5 Å². The normalized spacial score (nSPS) is 14.9. The summed E-state index contributed by atoms with van der Waals surface area (Å²) in [6.45, 7) is 4.74. The summed E-state index contributed by atoms with van der Waals surface area (Å²) in [5.74, 6) is 0.126. The molecule has 25 heavy (non-hydrogen) atoms. The highest BCUT2D eigenvalue weighted by atomic mass is 32.2. The van der Waals surface area contributed by atoms with Crippen molar-refractivity contribution in [3.05, 3.63) is 35.2 Å². The second-order valence-corrected chi connectivity index (χ2v) is 9.15. The maximum Gasteiger partial charge on any atom is 0.313 e. The largest absolute Gasteiger partial charge is 0.361 e. The van der Waals surface area contributed by atoms with Crippen molar-refractivity contribution in [2.45, 2.75) is 31.9 Å².